The van der Waals surface area contributed by atoms with E-state index < -0.39 is 5.41 Å². The van der Waals surface area contributed by atoms with Gasteiger partial charge in [0.15, 0.2) is 0 Å². The Bertz CT molecular complexity index is 2550. The largest absolute Gasteiger partial charge is 0.456 e. The van der Waals surface area contributed by atoms with Gasteiger partial charge in [0.25, 0.3) is 0 Å². The molecular weight excluding hydrogens is 548 g/mol. The summed E-state index contributed by atoms with van der Waals surface area (Å²) in [6.45, 7) is 0. The van der Waals surface area contributed by atoms with E-state index in [4.69, 9.17) is 8.83 Å². The smallest absolute Gasteiger partial charge is 0.136 e. The number of para-hydroxylation sites is 1. The van der Waals surface area contributed by atoms with Gasteiger partial charge in [-0.1, -0.05) is 115 Å². The molecule has 45 heavy (non-hydrogen) atoms. The first-order valence-corrected chi connectivity index (χ1v) is 15.4. The lowest BCUT2D eigenvalue weighted by atomic mass is 9.67. The van der Waals surface area contributed by atoms with Crippen LogP contribution in [0.1, 0.15) is 22.3 Å². The first-order chi connectivity index (χ1) is 22.3. The zero-order valence-electron chi connectivity index (χ0n) is 24.3. The SMILES string of the molecule is c1ccc(C2(c3ccccc3)c3ccccc3-c3cc4c(cc32)oc2cc(-c3ccc5c(c3)oc3ccccc35)ccc24)cc1. The third kappa shape index (κ3) is 3.34. The maximum atomic E-state index is 6.72. The van der Waals surface area contributed by atoms with Crippen LogP contribution in [0.5, 0.6) is 0 Å². The van der Waals surface area contributed by atoms with Gasteiger partial charge in [-0.25, -0.2) is 0 Å². The number of rotatable bonds is 3. The Morgan fingerprint density at radius 1 is 0.333 bits per heavy atom. The van der Waals surface area contributed by atoms with Gasteiger partial charge < -0.3 is 8.83 Å². The molecule has 0 saturated heterocycles. The van der Waals surface area contributed by atoms with Crippen LogP contribution in [-0.2, 0) is 5.41 Å². The van der Waals surface area contributed by atoms with Gasteiger partial charge in [-0.3, -0.25) is 0 Å². The van der Waals surface area contributed by atoms with E-state index in [1.54, 1.807) is 0 Å². The molecule has 10 rings (SSSR count). The number of fused-ring (bicyclic) bond motifs is 9. The highest BCUT2D eigenvalue weighted by Gasteiger charge is 2.46. The molecule has 2 heteroatoms. The lowest BCUT2D eigenvalue weighted by Gasteiger charge is -2.33. The van der Waals surface area contributed by atoms with E-state index in [2.05, 4.69) is 146 Å². The predicted octanol–water partition coefficient (Wildman–Crippen LogP) is 11.5. The second-order valence-corrected chi connectivity index (χ2v) is 12.0. The first kappa shape index (κ1) is 24.6. The average Bonchev–Trinajstić information content (AvgIpc) is 3.75. The molecule has 2 heterocycles. The van der Waals surface area contributed by atoms with E-state index in [-0.39, 0.29) is 0 Å². The molecule has 9 aromatic rings. The minimum Gasteiger partial charge on any atom is -0.456 e. The van der Waals surface area contributed by atoms with Gasteiger partial charge in [0.2, 0.25) is 0 Å². The van der Waals surface area contributed by atoms with Crippen LogP contribution >= 0.6 is 0 Å². The molecule has 7 aromatic carbocycles. The van der Waals surface area contributed by atoms with Crippen molar-refractivity contribution in [2.45, 2.75) is 5.41 Å². The Morgan fingerprint density at radius 3 is 1.58 bits per heavy atom. The molecule has 0 aliphatic heterocycles. The van der Waals surface area contributed by atoms with E-state index in [0.717, 1.165) is 55.0 Å². The minimum absolute atomic E-state index is 0.450. The lowest BCUT2D eigenvalue weighted by Crippen LogP contribution is -2.28. The number of benzene rings is 7. The Morgan fingerprint density at radius 2 is 0.867 bits per heavy atom. The van der Waals surface area contributed by atoms with Crippen molar-refractivity contribution in [3.63, 3.8) is 0 Å². The summed E-state index contributed by atoms with van der Waals surface area (Å²) in [4.78, 5) is 0. The van der Waals surface area contributed by atoms with Crippen LogP contribution in [0.25, 0.3) is 66.1 Å². The summed E-state index contributed by atoms with van der Waals surface area (Å²) in [6.07, 6.45) is 0. The van der Waals surface area contributed by atoms with Gasteiger partial charge in [-0.05, 0) is 87.0 Å². The molecular formula is C43H26O2. The highest BCUT2D eigenvalue weighted by molar-refractivity contribution is 6.10. The molecule has 1 aliphatic carbocycles. The summed E-state index contributed by atoms with van der Waals surface area (Å²) in [5, 5.41) is 4.53. The molecule has 0 fully saturated rings. The Balaban J connectivity index is 1.20. The normalized spacial score (nSPS) is 13.5. The summed E-state index contributed by atoms with van der Waals surface area (Å²) in [6, 6.07) is 56.5. The third-order valence-electron chi connectivity index (χ3n) is 9.76. The van der Waals surface area contributed by atoms with Crippen LogP contribution in [0, 0.1) is 0 Å². The average molecular weight is 575 g/mol. The standard InChI is InChI=1S/C43H26O2/c1-3-11-29(12-4-1)43(30-13-5-2-6-14-30)37-17-9-7-15-31(37)35-25-36-34-22-20-28(24-41(34)45-42(36)26-38(35)43)27-19-21-33-32-16-8-10-18-39(32)44-40(33)23-27/h1-26H. The second-order valence-electron chi connectivity index (χ2n) is 12.0. The molecule has 210 valence electrons. The van der Waals surface area contributed by atoms with Crippen molar-refractivity contribution in [3.05, 3.63) is 180 Å². The maximum Gasteiger partial charge on any atom is 0.136 e. The zero-order valence-corrected chi connectivity index (χ0v) is 24.3. The van der Waals surface area contributed by atoms with E-state index in [1.165, 1.54) is 33.4 Å². The molecule has 0 amide bonds. The van der Waals surface area contributed by atoms with Crippen molar-refractivity contribution in [1.29, 1.82) is 0 Å². The van der Waals surface area contributed by atoms with Gasteiger partial charge in [-0.15, -0.1) is 0 Å². The van der Waals surface area contributed by atoms with Crippen molar-refractivity contribution in [3.8, 4) is 22.3 Å². The Hall–Kier alpha value is -5.86. The van der Waals surface area contributed by atoms with Gasteiger partial charge >= 0.3 is 0 Å². The predicted molar refractivity (Wildman–Crippen MR) is 184 cm³/mol. The fourth-order valence-electron chi connectivity index (χ4n) is 7.80. The fraction of sp³-hybridized carbons (Fsp3) is 0.0233. The number of hydrogen-bond donors (Lipinski definition) is 0. The topological polar surface area (TPSA) is 26.3 Å². The highest BCUT2D eigenvalue weighted by atomic mass is 16.3. The summed E-state index contributed by atoms with van der Waals surface area (Å²) in [7, 11) is 0. The molecule has 0 radical (unpaired) electrons. The van der Waals surface area contributed by atoms with Crippen LogP contribution in [0.3, 0.4) is 0 Å². The van der Waals surface area contributed by atoms with Crippen LogP contribution < -0.4 is 0 Å². The van der Waals surface area contributed by atoms with Crippen LogP contribution in [0.4, 0.5) is 0 Å². The molecule has 2 aromatic heterocycles. The molecule has 2 nitrogen and oxygen atoms in total. The second kappa shape index (κ2) is 9.07. The number of hydrogen-bond acceptors (Lipinski definition) is 2. The van der Waals surface area contributed by atoms with Crippen LogP contribution in [-0.4, -0.2) is 0 Å². The van der Waals surface area contributed by atoms with Gasteiger partial charge in [-0.2, -0.15) is 0 Å². The minimum atomic E-state index is -0.450. The zero-order chi connectivity index (χ0) is 29.5. The molecule has 0 bridgehead atoms. The molecule has 0 atom stereocenters. The number of furan rings is 2. The summed E-state index contributed by atoms with van der Waals surface area (Å²) in [5.41, 5.74) is 12.9. The third-order valence-corrected chi connectivity index (χ3v) is 9.76. The quantitative estimate of drug-likeness (QED) is 0.210. The van der Waals surface area contributed by atoms with E-state index >= 15 is 0 Å². The molecule has 0 unspecified atom stereocenters. The molecule has 0 saturated carbocycles. The van der Waals surface area contributed by atoms with E-state index in [9.17, 15) is 0 Å². The lowest BCUT2D eigenvalue weighted by molar-refractivity contribution is 0.666. The Kier molecular flexibility index (Phi) is 4.95. The summed E-state index contributed by atoms with van der Waals surface area (Å²) < 4.78 is 12.9. The van der Waals surface area contributed by atoms with Crippen molar-refractivity contribution in [1.82, 2.24) is 0 Å². The van der Waals surface area contributed by atoms with Gasteiger partial charge in [0.05, 0.1) is 5.41 Å². The fourth-order valence-corrected chi connectivity index (χ4v) is 7.80. The monoisotopic (exact) mass is 574 g/mol. The van der Waals surface area contributed by atoms with Crippen LogP contribution in [0.15, 0.2) is 167 Å². The van der Waals surface area contributed by atoms with E-state index in [0.29, 0.717) is 0 Å². The van der Waals surface area contributed by atoms with Crippen molar-refractivity contribution in [2.75, 3.05) is 0 Å². The Labute approximate surface area is 259 Å². The van der Waals surface area contributed by atoms with Gasteiger partial charge in [0, 0.05) is 21.5 Å². The van der Waals surface area contributed by atoms with Crippen LogP contribution in [0.2, 0.25) is 0 Å². The molecule has 1 aliphatic rings. The van der Waals surface area contributed by atoms with Crippen molar-refractivity contribution in [2.24, 2.45) is 0 Å². The first-order valence-electron chi connectivity index (χ1n) is 15.4. The summed E-state index contributed by atoms with van der Waals surface area (Å²) >= 11 is 0. The van der Waals surface area contributed by atoms with Crippen molar-refractivity contribution >= 4 is 43.9 Å². The van der Waals surface area contributed by atoms with Gasteiger partial charge in [0.1, 0.15) is 22.3 Å². The van der Waals surface area contributed by atoms with E-state index in [1.807, 2.05) is 12.1 Å². The maximum absolute atomic E-state index is 6.72. The highest BCUT2D eigenvalue weighted by Crippen LogP contribution is 2.57. The molecule has 0 spiro atoms. The molecule has 0 N–H and O–H groups in total. The van der Waals surface area contributed by atoms with Crippen molar-refractivity contribution < 1.29 is 8.83 Å². The summed E-state index contributed by atoms with van der Waals surface area (Å²) in [5.74, 6) is 0.